The molecular weight excluding hydrogens is 275 g/mol. The van der Waals surface area contributed by atoms with Crippen molar-refractivity contribution in [1.82, 2.24) is 5.01 Å². The third-order valence-electron chi connectivity index (χ3n) is 3.99. The maximum absolute atomic E-state index is 13.9. The smallest absolute Gasteiger partial charge is 0.431 e. The monoisotopic (exact) mass is 284 g/mol. The van der Waals surface area contributed by atoms with Crippen LogP contribution in [-0.4, -0.2) is 46.5 Å². The van der Waals surface area contributed by atoms with Crippen LogP contribution in [0.25, 0.3) is 0 Å². The summed E-state index contributed by atoms with van der Waals surface area (Å²) in [6.07, 6.45) is -4.76. The summed E-state index contributed by atoms with van der Waals surface area (Å²) in [4.78, 5) is 10.6. The van der Waals surface area contributed by atoms with Gasteiger partial charge in [0.15, 0.2) is 0 Å². The molecule has 2 fully saturated rings. The quantitative estimate of drug-likeness (QED) is 0.783. The van der Waals surface area contributed by atoms with Gasteiger partial charge in [0.2, 0.25) is 0 Å². The van der Waals surface area contributed by atoms with E-state index in [0.29, 0.717) is 5.01 Å². The summed E-state index contributed by atoms with van der Waals surface area (Å²) in [5, 5.41) is 12.1. The highest BCUT2D eigenvalue weighted by molar-refractivity contribution is 5.95. The second-order valence-corrected chi connectivity index (χ2v) is 5.13. The Balaban J connectivity index is 1.98. The zero-order valence-electron chi connectivity index (χ0n) is 9.36. The van der Waals surface area contributed by atoms with Crippen molar-refractivity contribution in [3.63, 3.8) is 0 Å². The number of hydrogen-bond acceptors (Lipinski definition) is 3. The fraction of sp³-hybridized carbons (Fsp3) is 0.800. The Hall–Kier alpha value is -1.41. The van der Waals surface area contributed by atoms with Gasteiger partial charge < -0.3 is 5.11 Å². The summed E-state index contributed by atoms with van der Waals surface area (Å²) < 4.78 is 66.3. The molecule has 1 N–H and O–H groups in total. The van der Waals surface area contributed by atoms with Crippen LogP contribution in [0, 0.1) is 17.8 Å². The lowest BCUT2D eigenvalue weighted by Gasteiger charge is -2.29. The van der Waals surface area contributed by atoms with Crippen molar-refractivity contribution in [3.05, 3.63) is 0 Å². The van der Waals surface area contributed by atoms with Crippen molar-refractivity contribution < 1.29 is 31.9 Å². The van der Waals surface area contributed by atoms with E-state index in [9.17, 15) is 26.7 Å². The fourth-order valence-corrected chi connectivity index (χ4v) is 3.27. The van der Waals surface area contributed by atoms with Crippen molar-refractivity contribution in [2.24, 2.45) is 22.9 Å². The molecule has 4 nitrogen and oxygen atoms in total. The molecule has 2 saturated carbocycles. The van der Waals surface area contributed by atoms with E-state index in [1.54, 1.807) is 0 Å². The number of fused-ring (bicyclic) bond motifs is 3. The van der Waals surface area contributed by atoms with Crippen LogP contribution in [0.1, 0.15) is 6.42 Å². The van der Waals surface area contributed by atoms with E-state index in [1.165, 1.54) is 0 Å². The van der Waals surface area contributed by atoms with Crippen molar-refractivity contribution in [3.8, 4) is 0 Å². The second-order valence-electron chi connectivity index (χ2n) is 5.13. The van der Waals surface area contributed by atoms with Crippen molar-refractivity contribution >= 4 is 11.7 Å². The van der Waals surface area contributed by atoms with Gasteiger partial charge in [-0.2, -0.15) is 18.3 Å². The number of carbonyl (C=O) groups is 1. The van der Waals surface area contributed by atoms with Gasteiger partial charge in [-0.05, 0) is 12.3 Å². The topological polar surface area (TPSA) is 52.9 Å². The first kappa shape index (κ1) is 12.6. The molecule has 1 aliphatic heterocycles. The van der Waals surface area contributed by atoms with Gasteiger partial charge in [-0.15, -0.1) is 0 Å². The molecule has 0 radical (unpaired) electrons. The SMILES string of the molecule is O=C(O)CN1N=C(C(F)(F)F)C2C1C(F)(F)[C@@H]1C[C@H]21. The number of alkyl halides is 5. The van der Waals surface area contributed by atoms with Crippen molar-refractivity contribution in [1.29, 1.82) is 0 Å². The number of hydrogen-bond donors (Lipinski definition) is 1. The molecule has 0 aromatic heterocycles. The van der Waals surface area contributed by atoms with E-state index in [0.717, 1.165) is 0 Å². The normalized spacial score (nSPS) is 38.8. The molecule has 106 valence electrons. The zero-order chi connectivity index (χ0) is 14.2. The molecule has 0 spiro atoms. The number of halogens is 5. The van der Waals surface area contributed by atoms with E-state index in [-0.39, 0.29) is 6.42 Å². The number of nitrogens with zero attached hydrogens (tertiary/aromatic N) is 2. The molecule has 0 aromatic rings. The zero-order valence-corrected chi connectivity index (χ0v) is 9.36. The maximum Gasteiger partial charge on any atom is 0.431 e. The van der Waals surface area contributed by atoms with E-state index >= 15 is 0 Å². The number of aliphatic carboxylic acids is 1. The average molecular weight is 284 g/mol. The van der Waals surface area contributed by atoms with Crippen LogP contribution in [0.5, 0.6) is 0 Å². The Morgan fingerprint density at radius 1 is 1.47 bits per heavy atom. The molecule has 4 atom stereocenters. The van der Waals surface area contributed by atoms with Gasteiger partial charge in [-0.3, -0.25) is 9.80 Å². The van der Waals surface area contributed by atoms with Crippen LogP contribution in [0.3, 0.4) is 0 Å². The molecule has 0 bridgehead atoms. The minimum atomic E-state index is -4.80. The van der Waals surface area contributed by atoms with Crippen LogP contribution < -0.4 is 0 Å². The van der Waals surface area contributed by atoms with Gasteiger partial charge in [0.25, 0.3) is 5.92 Å². The molecule has 0 saturated heterocycles. The molecule has 3 aliphatic rings. The molecule has 2 aliphatic carbocycles. The van der Waals surface area contributed by atoms with Gasteiger partial charge >= 0.3 is 12.1 Å². The number of rotatable bonds is 2. The molecule has 1 heterocycles. The van der Waals surface area contributed by atoms with Gasteiger partial charge in [0.05, 0.1) is 0 Å². The Morgan fingerprint density at radius 2 is 2.11 bits per heavy atom. The van der Waals surface area contributed by atoms with E-state index in [4.69, 9.17) is 5.11 Å². The average Bonchev–Trinajstić information content (AvgIpc) is 2.87. The summed E-state index contributed by atoms with van der Waals surface area (Å²) in [7, 11) is 0. The first-order valence-electron chi connectivity index (χ1n) is 5.66. The van der Waals surface area contributed by atoms with Crippen LogP contribution in [0.4, 0.5) is 22.0 Å². The predicted octanol–water partition coefficient (Wildman–Crippen LogP) is 1.57. The first-order chi connectivity index (χ1) is 8.64. The highest BCUT2D eigenvalue weighted by atomic mass is 19.4. The first-order valence-corrected chi connectivity index (χ1v) is 5.66. The molecule has 2 unspecified atom stereocenters. The Bertz CT molecular complexity index is 475. The highest BCUT2D eigenvalue weighted by Gasteiger charge is 2.76. The number of carboxylic acids is 1. The summed E-state index contributed by atoms with van der Waals surface area (Å²) in [5.74, 6) is -8.02. The third-order valence-corrected chi connectivity index (χ3v) is 3.99. The lowest BCUT2D eigenvalue weighted by Crippen LogP contribution is -2.47. The number of carboxylic acid groups (broad SMARTS) is 1. The summed E-state index contributed by atoms with van der Waals surface area (Å²) in [5.41, 5.74) is -1.26. The largest absolute Gasteiger partial charge is 0.480 e. The Morgan fingerprint density at radius 3 is 2.63 bits per heavy atom. The highest BCUT2D eigenvalue weighted by Crippen LogP contribution is 2.66. The lowest BCUT2D eigenvalue weighted by atomic mass is 9.92. The lowest BCUT2D eigenvalue weighted by molar-refractivity contribution is -0.142. The predicted molar refractivity (Wildman–Crippen MR) is 51.7 cm³/mol. The Kier molecular flexibility index (Phi) is 2.24. The maximum atomic E-state index is 13.9. The summed E-state index contributed by atoms with van der Waals surface area (Å²) in [6, 6.07) is -1.77. The number of hydrazone groups is 1. The van der Waals surface area contributed by atoms with E-state index in [1.807, 2.05) is 0 Å². The van der Waals surface area contributed by atoms with E-state index < -0.39 is 54.1 Å². The van der Waals surface area contributed by atoms with Crippen molar-refractivity contribution in [2.75, 3.05) is 6.54 Å². The summed E-state index contributed by atoms with van der Waals surface area (Å²) >= 11 is 0. The summed E-state index contributed by atoms with van der Waals surface area (Å²) in [6.45, 7) is -0.949. The minimum Gasteiger partial charge on any atom is -0.480 e. The van der Waals surface area contributed by atoms with Crippen LogP contribution in [0.2, 0.25) is 0 Å². The van der Waals surface area contributed by atoms with Gasteiger partial charge in [0, 0.05) is 11.8 Å². The van der Waals surface area contributed by atoms with Gasteiger partial charge in [-0.25, -0.2) is 8.78 Å². The third kappa shape index (κ3) is 1.63. The van der Waals surface area contributed by atoms with Crippen LogP contribution in [0.15, 0.2) is 5.10 Å². The van der Waals surface area contributed by atoms with Crippen LogP contribution >= 0.6 is 0 Å². The second kappa shape index (κ2) is 3.37. The molecular formula is C10H9F5N2O2. The molecule has 19 heavy (non-hydrogen) atoms. The molecule has 9 heteroatoms. The van der Waals surface area contributed by atoms with Gasteiger partial charge in [-0.1, -0.05) is 0 Å². The van der Waals surface area contributed by atoms with Crippen molar-refractivity contribution in [2.45, 2.75) is 24.6 Å². The Labute approximate surface area is 103 Å². The fourth-order valence-electron chi connectivity index (χ4n) is 3.27. The molecule has 0 aromatic carbocycles. The van der Waals surface area contributed by atoms with Crippen LogP contribution in [-0.2, 0) is 4.79 Å². The molecule has 0 amide bonds. The minimum absolute atomic E-state index is 0.0458. The standard InChI is InChI=1S/C10H9F5N2O2/c11-9(12)4-1-3(4)6-7(10(13,14)15)16-17(8(6)9)2-5(18)19/h3-4,6,8H,1-2H2,(H,18,19)/t3-,4+,6?,8?/m0/s1. The van der Waals surface area contributed by atoms with Gasteiger partial charge in [0.1, 0.15) is 18.3 Å². The molecule has 3 rings (SSSR count). The van der Waals surface area contributed by atoms with E-state index in [2.05, 4.69) is 5.10 Å².